The number of nitrogens with zero attached hydrogens (tertiary/aromatic N) is 1. The molecule has 1 aromatic rings. The number of carboxylic acids is 1. The predicted molar refractivity (Wildman–Crippen MR) is 75.3 cm³/mol. The van der Waals surface area contributed by atoms with Crippen molar-refractivity contribution >= 4 is 5.97 Å². The first-order chi connectivity index (χ1) is 9.54. The zero-order chi connectivity index (χ0) is 14.5. The molecule has 5 heteroatoms. The van der Waals surface area contributed by atoms with Crippen molar-refractivity contribution < 1.29 is 19.4 Å². The third-order valence-corrected chi connectivity index (χ3v) is 3.25. The fourth-order valence-electron chi connectivity index (χ4n) is 2.48. The van der Waals surface area contributed by atoms with Crippen LogP contribution in [0.25, 0.3) is 0 Å². The molecule has 1 fully saturated rings. The molecule has 110 valence electrons. The van der Waals surface area contributed by atoms with Crippen LogP contribution in [0.2, 0.25) is 0 Å². The van der Waals surface area contributed by atoms with E-state index in [2.05, 4.69) is 18.7 Å². The van der Waals surface area contributed by atoms with Crippen molar-refractivity contribution in [2.24, 2.45) is 0 Å². The minimum atomic E-state index is -0.939. The number of aromatic carboxylic acids is 1. The van der Waals surface area contributed by atoms with Gasteiger partial charge in [-0.2, -0.15) is 0 Å². The number of hydrogen-bond acceptors (Lipinski definition) is 4. The summed E-state index contributed by atoms with van der Waals surface area (Å²) in [6, 6.07) is 6.57. The van der Waals surface area contributed by atoms with Gasteiger partial charge in [-0.15, -0.1) is 0 Å². The maximum absolute atomic E-state index is 10.9. The van der Waals surface area contributed by atoms with Crippen LogP contribution in [0.4, 0.5) is 0 Å². The van der Waals surface area contributed by atoms with Gasteiger partial charge >= 0.3 is 5.97 Å². The zero-order valence-corrected chi connectivity index (χ0v) is 11.9. The molecule has 1 heterocycles. The Morgan fingerprint density at radius 2 is 2.10 bits per heavy atom. The highest BCUT2D eigenvalue weighted by Crippen LogP contribution is 2.14. The minimum absolute atomic E-state index is 0.245. The van der Waals surface area contributed by atoms with E-state index in [1.165, 1.54) is 0 Å². The highest BCUT2D eigenvalue weighted by molar-refractivity contribution is 5.87. The summed E-state index contributed by atoms with van der Waals surface area (Å²) >= 11 is 0. The van der Waals surface area contributed by atoms with Crippen LogP contribution in [0.5, 0.6) is 5.75 Å². The number of carboxylic acid groups (broad SMARTS) is 1. The number of carbonyl (C=O) groups is 1. The third kappa shape index (κ3) is 4.21. The molecule has 1 N–H and O–H groups in total. The summed E-state index contributed by atoms with van der Waals surface area (Å²) in [5.41, 5.74) is 0.246. The molecule has 2 rings (SSSR count). The lowest BCUT2D eigenvalue weighted by Gasteiger charge is -2.35. The van der Waals surface area contributed by atoms with E-state index in [0.29, 0.717) is 12.4 Å². The molecule has 0 spiro atoms. The van der Waals surface area contributed by atoms with Crippen LogP contribution in [0.15, 0.2) is 24.3 Å². The predicted octanol–water partition coefficient (Wildman–Crippen LogP) is 1.87. The number of rotatable bonds is 5. The molecular weight excluding hydrogens is 258 g/mol. The Bertz CT molecular complexity index is 453. The standard InChI is InChI=1S/C15H21NO4/c1-11-9-16(10-12(2)20-11)6-7-19-14-5-3-4-13(8-14)15(17)18/h3-5,8,11-12H,6-7,9-10H2,1-2H3,(H,17,18). The molecule has 1 saturated heterocycles. The summed E-state index contributed by atoms with van der Waals surface area (Å²) in [6.07, 6.45) is 0.489. The van der Waals surface area contributed by atoms with Gasteiger partial charge in [-0.3, -0.25) is 4.90 Å². The molecule has 0 amide bonds. The zero-order valence-electron chi connectivity index (χ0n) is 11.9. The Balaban J connectivity index is 1.81. The van der Waals surface area contributed by atoms with Crippen molar-refractivity contribution in [1.29, 1.82) is 0 Å². The van der Waals surface area contributed by atoms with Crippen LogP contribution in [0, 0.1) is 0 Å². The second-order valence-corrected chi connectivity index (χ2v) is 5.20. The van der Waals surface area contributed by atoms with Crippen molar-refractivity contribution in [2.75, 3.05) is 26.2 Å². The van der Waals surface area contributed by atoms with Gasteiger partial charge in [0.1, 0.15) is 12.4 Å². The minimum Gasteiger partial charge on any atom is -0.492 e. The SMILES string of the molecule is CC1CN(CCOc2cccc(C(=O)O)c2)CC(C)O1. The molecule has 0 bridgehead atoms. The molecule has 0 radical (unpaired) electrons. The topological polar surface area (TPSA) is 59.0 Å². The molecular formula is C15H21NO4. The van der Waals surface area contributed by atoms with Crippen LogP contribution in [0.3, 0.4) is 0 Å². The van der Waals surface area contributed by atoms with Gasteiger partial charge in [0.2, 0.25) is 0 Å². The summed E-state index contributed by atoms with van der Waals surface area (Å²) in [5, 5.41) is 8.92. The average Bonchev–Trinajstić information content (AvgIpc) is 2.38. The Morgan fingerprint density at radius 1 is 1.40 bits per heavy atom. The summed E-state index contributed by atoms with van der Waals surface area (Å²) in [5.74, 6) is -0.342. The van der Waals surface area contributed by atoms with Crippen LogP contribution in [-0.4, -0.2) is 54.4 Å². The van der Waals surface area contributed by atoms with E-state index in [1.807, 2.05) is 0 Å². The first kappa shape index (κ1) is 14.8. The molecule has 2 atom stereocenters. The fraction of sp³-hybridized carbons (Fsp3) is 0.533. The van der Waals surface area contributed by atoms with Crippen molar-refractivity contribution in [3.05, 3.63) is 29.8 Å². The largest absolute Gasteiger partial charge is 0.492 e. The van der Waals surface area contributed by atoms with Gasteiger partial charge in [0.05, 0.1) is 17.8 Å². The van der Waals surface area contributed by atoms with Crippen LogP contribution < -0.4 is 4.74 Å². The second kappa shape index (κ2) is 6.72. The third-order valence-electron chi connectivity index (χ3n) is 3.25. The molecule has 1 aliphatic heterocycles. The van der Waals surface area contributed by atoms with Gasteiger partial charge in [0.25, 0.3) is 0 Å². The van der Waals surface area contributed by atoms with Gasteiger partial charge < -0.3 is 14.6 Å². The molecule has 5 nitrogen and oxygen atoms in total. The highest BCUT2D eigenvalue weighted by Gasteiger charge is 2.21. The average molecular weight is 279 g/mol. The monoisotopic (exact) mass is 279 g/mol. The Kier molecular flexibility index (Phi) is 4.98. The molecule has 0 saturated carbocycles. The lowest BCUT2D eigenvalue weighted by Crippen LogP contribution is -2.46. The Morgan fingerprint density at radius 3 is 2.75 bits per heavy atom. The van der Waals surface area contributed by atoms with E-state index >= 15 is 0 Å². The summed E-state index contributed by atoms with van der Waals surface area (Å²) < 4.78 is 11.3. The molecule has 1 aromatic carbocycles. The van der Waals surface area contributed by atoms with E-state index < -0.39 is 5.97 Å². The van der Waals surface area contributed by atoms with Gasteiger partial charge in [-0.25, -0.2) is 4.79 Å². The van der Waals surface area contributed by atoms with Crippen molar-refractivity contribution in [3.63, 3.8) is 0 Å². The highest BCUT2D eigenvalue weighted by atomic mass is 16.5. The van der Waals surface area contributed by atoms with Crippen molar-refractivity contribution in [1.82, 2.24) is 4.90 Å². The summed E-state index contributed by atoms with van der Waals surface area (Å²) in [6.45, 7) is 7.31. The lowest BCUT2D eigenvalue weighted by molar-refractivity contribution is -0.0699. The summed E-state index contributed by atoms with van der Waals surface area (Å²) in [7, 11) is 0. The number of benzene rings is 1. The van der Waals surface area contributed by atoms with Crippen LogP contribution >= 0.6 is 0 Å². The maximum atomic E-state index is 10.9. The fourth-order valence-corrected chi connectivity index (χ4v) is 2.48. The molecule has 20 heavy (non-hydrogen) atoms. The number of morpholine rings is 1. The second-order valence-electron chi connectivity index (χ2n) is 5.20. The van der Waals surface area contributed by atoms with Gasteiger partial charge in [-0.05, 0) is 32.0 Å². The Labute approximate surface area is 119 Å². The molecule has 0 aromatic heterocycles. The first-order valence-corrected chi connectivity index (χ1v) is 6.88. The van der Waals surface area contributed by atoms with Crippen molar-refractivity contribution in [3.8, 4) is 5.75 Å². The van der Waals surface area contributed by atoms with E-state index in [1.54, 1.807) is 24.3 Å². The first-order valence-electron chi connectivity index (χ1n) is 6.88. The Hall–Kier alpha value is -1.59. The van der Waals surface area contributed by atoms with Crippen molar-refractivity contribution in [2.45, 2.75) is 26.1 Å². The van der Waals surface area contributed by atoms with E-state index in [9.17, 15) is 4.79 Å². The summed E-state index contributed by atoms with van der Waals surface area (Å²) in [4.78, 5) is 13.2. The number of ether oxygens (including phenoxy) is 2. The van der Waals surface area contributed by atoms with E-state index in [0.717, 1.165) is 19.6 Å². The molecule has 0 aliphatic carbocycles. The van der Waals surface area contributed by atoms with Gasteiger partial charge in [0.15, 0.2) is 0 Å². The van der Waals surface area contributed by atoms with Gasteiger partial charge in [-0.1, -0.05) is 6.07 Å². The normalized spacial score (nSPS) is 23.5. The molecule has 1 aliphatic rings. The van der Waals surface area contributed by atoms with E-state index in [4.69, 9.17) is 14.6 Å². The lowest BCUT2D eigenvalue weighted by atomic mass is 10.2. The van der Waals surface area contributed by atoms with Crippen LogP contribution in [-0.2, 0) is 4.74 Å². The maximum Gasteiger partial charge on any atom is 0.335 e. The quantitative estimate of drug-likeness (QED) is 0.891. The van der Waals surface area contributed by atoms with E-state index in [-0.39, 0.29) is 17.8 Å². The van der Waals surface area contributed by atoms with Gasteiger partial charge in [0, 0.05) is 19.6 Å². The number of hydrogen-bond donors (Lipinski definition) is 1. The smallest absolute Gasteiger partial charge is 0.335 e. The molecule has 2 unspecified atom stereocenters. The van der Waals surface area contributed by atoms with Crippen LogP contribution in [0.1, 0.15) is 24.2 Å².